The average Bonchev–Trinajstić information content (AvgIpc) is 2.54. The van der Waals surface area contributed by atoms with Crippen molar-refractivity contribution in [3.8, 4) is 5.75 Å². The number of rotatable bonds is 3. The molecule has 7 heteroatoms. The van der Waals surface area contributed by atoms with Gasteiger partial charge in [0.05, 0.1) is 11.5 Å². The monoisotopic (exact) mass is 334 g/mol. The first-order valence-electron chi connectivity index (χ1n) is 5.21. The molecule has 18 heavy (non-hydrogen) atoms. The van der Waals surface area contributed by atoms with Gasteiger partial charge < -0.3 is 9.84 Å². The van der Waals surface area contributed by atoms with E-state index in [0.29, 0.717) is 22.1 Å². The molecule has 1 saturated heterocycles. The standard InChI is InChI=1S/C11H11BrO5S/c12-9-2-1-8(3-7(9)4-13)17-11-6-18(15,16)5-10(11)14/h1-4,10-11,14H,5-6H2. The van der Waals surface area contributed by atoms with E-state index >= 15 is 0 Å². The largest absolute Gasteiger partial charge is 0.487 e. The van der Waals surface area contributed by atoms with Crippen LogP contribution in [0.25, 0.3) is 0 Å². The van der Waals surface area contributed by atoms with Gasteiger partial charge in [-0.25, -0.2) is 8.42 Å². The predicted molar refractivity (Wildman–Crippen MR) is 68.6 cm³/mol. The lowest BCUT2D eigenvalue weighted by molar-refractivity contribution is 0.0737. The van der Waals surface area contributed by atoms with Gasteiger partial charge in [0.25, 0.3) is 0 Å². The first kappa shape index (κ1) is 13.5. The third-order valence-corrected chi connectivity index (χ3v) is 5.06. The summed E-state index contributed by atoms with van der Waals surface area (Å²) in [7, 11) is -3.24. The second-order valence-corrected chi connectivity index (χ2v) is 7.11. The van der Waals surface area contributed by atoms with Crippen molar-refractivity contribution in [2.24, 2.45) is 0 Å². The zero-order valence-electron chi connectivity index (χ0n) is 9.24. The molecule has 1 aliphatic rings. The second kappa shape index (κ2) is 4.99. The van der Waals surface area contributed by atoms with Crippen molar-refractivity contribution in [1.82, 2.24) is 0 Å². The maximum atomic E-state index is 11.3. The first-order valence-corrected chi connectivity index (χ1v) is 7.82. The second-order valence-electron chi connectivity index (χ2n) is 4.10. The Hall–Kier alpha value is -0.920. The highest BCUT2D eigenvalue weighted by atomic mass is 79.9. The maximum Gasteiger partial charge on any atom is 0.156 e. The van der Waals surface area contributed by atoms with Crippen molar-refractivity contribution >= 4 is 32.1 Å². The van der Waals surface area contributed by atoms with Gasteiger partial charge in [0.2, 0.25) is 0 Å². The Morgan fingerprint density at radius 2 is 2.11 bits per heavy atom. The van der Waals surface area contributed by atoms with Gasteiger partial charge in [-0.1, -0.05) is 15.9 Å². The number of hydrogen-bond acceptors (Lipinski definition) is 5. The number of hydrogen-bond donors (Lipinski definition) is 1. The van der Waals surface area contributed by atoms with Crippen molar-refractivity contribution in [2.75, 3.05) is 11.5 Å². The molecule has 1 heterocycles. The molecule has 1 aromatic rings. The van der Waals surface area contributed by atoms with Gasteiger partial charge in [-0.05, 0) is 18.2 Å². The van der Waals surface area contributed by atoms with Gasteiger partial charge in [-0.15, -0.1) is 0 Å². The fourth-order valence-electron chi connectivity index (χ4n) is 1.77. The van der Waals surface area contributed by atoms with Crippen LogP contribution in [0.1, 0.15) is 10.4 Å². The Labute approximate surface area is 113 Å². The molecule has 0 amide bonds. The summed E-state index contributed by atoms with van der Waals surface area (Å²) in [6.45, 7) is 0. The molecule has 2 rings (SSSR count). The molecule has 0 saturated carbocycles. The number of ether oxygens (including phenoxy) is 1. The molecule has 1 N–H and O–H groups in total. The predicted octanol–water partition coefficient (Wildman–Crippen LogP) is 0.798. The van der Waals surface area contributed by atoms with Gasteiger partial charge >= 0.3 is 0 Å². The summed E-state index contributed by atoms with van der Waals surface area (Å²) in [5, 5.41) is 9.58. The molecule has 2 unspecified atom stereocenters. The minimum Gasteiger partial charge on any atom is -0.487 e. The van der Waals surface area contributed by atoms with Gasteiger partial charge in [0.1, 0.15) is 18.0 Å². The van der Waals surface area contributed by atoms with Crippen molar-refractivity contribution in [3.05, 3.63) is 28.2 Å². The van der Waals surface area contributed by atoms with Gasteiger partial charge in [-0.3, -0.25) is 4.79 Å². The lowest BCUT2D eigenvalue weighted by Crippen LogP contribution is -2.29. The van der Waals surface area contributed by atoms with Crippen LogP contribution >= 0.6 is 15.9 Å². The SMILES string of the molecule is O=Cc1cc(OC2CS(=O)(=O)CC2O)ccc1Br. The average molecular weight is 335 g/mol. The van der Waals surface area contributed by atoms with E-state index in [4.69, 9.17) is 4.74 Å². The lowest BCUT2D eigenvalue weighted by Gasteiger charge is -2.16. The first-order chi connectivity index (χ1) is 8.41. The zero-order valence-corrected chi connectivity index (χ0v) is 11.6. The van der Waals surface area contributed by atoms with Gasteiger partial charge in [0.15, 0.2) is 16.1 Å². The highest BCUT2D eigenvalue weighted by Crippen LogP contribution is 2.24. The van der Waals surface area contributed by atoms with E-state index in [1.165, 1.54) is 6.07 Å². The summed E-state index contributed by atoms with van der Waals surface area (Å²) in [6, 6.07) is 4.73. The van der Waals surface area contributed by atoms with Gasteiger partial charge in [0, 0.05) is 10.0 Å². The topological polar surface area (TPSA) is 80.7 Å². The molecule has 1 fully saturated rings. The Morgan fingerprint density at radius 1 is 1.39 bits per heavy atom. The molecule has 0 bridgehead atoms. The molecule has 1 aliphatic heterocycles. The lowest BCUT2D eigenvalue weighted by atomic mass is 10.2. The molecular formula is C11H11BrO5S. The molecule has 0 aliphatic carbocycles. The molecule has 0 spiro atoms. The van der Waals surface area contributed by atoms with E-state index < -0.39 is 22.0 Å². The minimum absolute atomic E-state index is 0.208. The number of aliphatic hydroxyl groups excluding tert-OH is 1. The van der Waals surface area contributed by atoms with E-state index in [-0.39, 0.29) is 11.5 Å². The van der Waals surface area contributed by atoms with Crippen LogP contribution in [0.4, 0.5) is 0 Å². The van der Waals surface area contributed by atoms with Crippen LogP contribution in [0, 0.1) is 0 Å². The smallest absolute Gasteiger partial charge is 0.156 e. The molecule has 1 aromatic carbocycles. The molecular weight excluding hydrogens is 324 g/mol. The van der Waals surface area contributed by atoms with E-state index in [9.17, 15) is 18.3 Å². The van der Waals surface area contributed by atoms with E-state index in [1.807, 2.05) is 0 Å². The fourth-order valence-corrected chi connectivity index (χ4v) is 3.77. The molecule has 0 aromatic heterocycles. The minimum atomic E-state index is -3.24. The third kappa shape index (κ3) is 2.90. The quantitative estimate of drug-likeness (QED) is 0.827. The van der Waals surface area contributed by atoms with E-state index in [2.05, 4.69) is 15.9 Å². The molecule has 2 atom stereocenters. The fraction of sp³-hybridized carbons (Fsp3) is 0.364. The number of benzene rings is 1. The van der Waals surface area contributed by atoms with Crippen LogP contribution in [0.15, 0.2) is 22.7 Å². The third-order valence-electron chi connectivity index (χ3n) is 2.65. The Balaban J connectivity index is 2.17. The van der Waals surface area contributed by atoms with Crippen LogP contribution in [-0.2, 0) is 9.84 Å². The summed E-state index contributed by atoms with van der Waals surface area (Å²) < 4.78 is 28.7. The van der Waals surface area contributed by atoms with Crippen LogP contribution in [0.3, 0.4) is 0 Å². The van der Waals surface area contributed by atoms with Crippen LogP contribution < -0.4 is 4.74 Å². The summed E-state index contributed by atoms with van der Waals surface area (Å²) in [6.07, 6.45) is -1.15. The van der Waals surface area contributed by atoms with E-state index in [1.54, 1.807) is 12.1 Å². The number of aldehydes is 1. The number of aliphatic hydroxyl groups is 1. The molecule has 5 nitrogen and oxygen atoms in total. The van der Waals surface area contributed by atoms with Crippen LogP contribution in [-0.4, -0.2) is 43.5 Å². The van der Waals surface area contributed by atoms with Crippen LogP contribution in [0.5, 0.6) is 5.75 Å². The van der Waals surface area contributed by atoms with Crippen LogP contribution in [0.2, 0.25) is 0 Å². The highest BCUT2D eigenvalue weighted by molar-refractivity contribution is 9.10. The summed E-state index contributed by atoms with van der Waals surface area (Å²) in [5.74, 6) is -0.128. The normalized spacial score (nSPS) is 25.9. The maximum absolute atomic E-state index is 11.3. The Kier molecular flexibility index (Phi) is 3.74. The van der Waals surface area contributed by atoms with E-state index in [0.717, 1.165) is 0 Å². The summed E-state index contributed by atoms with van der Waals surface area (Å²) >= 11 is 3.20. The molecule has 0 radical (unpaired) electrons. The summed E-state index contributed by atoms with van der Waals surface area (Å²) in [4.78, 5) is 10.8. The number of halogens is 1. The van der Waals surface area contributed by atoms with Gasteiger partial charge in [-0.2, -0.15) is 0 Å². The highest BCUT2D eigenvalue weighted by Gasteiger charge is 2.38. The van der Waals surface area contributed by atoms with Crippen molar-refractivity contribution < 1.29 is 23.1 Å². The Bertz CT molecular complexity index is 569. The molecule has 98 valence electrons. The summed E-state index contributed by atoms with van der Waals surface area (Å²) in [5.41, 5.74) is 0.405. The number of carbonyl (C=O) groups excluding carboxylic acids is 1. The number of carbonyl (C=O) groups is 1. The van der Waals surface area contributed by atoms with Crippen molar-refractivity contribution in [3.63, 3.8) is 0 Å². The zero-order chi connectivity index (χ0) is 13.3. The van der Waals surface area contributed by atoms with Crippen molar-refractivity contribution in [2.45, 2.75) is 12.2 Å². The number of sulfone groups is 1. The van der Waals surface area contributed by atoms with Crippen molar-refractivity contribution in [1.29, 1.82) is 0 Å². The Morgan fingerprint density at radius 3 is 2.67 bits per heavy atom.